The third kappa shape index (κ3) is 8.87. The van der Waals surface area contributed by atoms with Gasteiger partial charge in [-0.05, 0) is 95.2 Å². The zero-order valence-electron chi connectivity index (χ0n) is 29.0. The van der Waals surface area contributed by atoms with Crippen molar-refractivity contribution in [3.8, 4) is 28.7 Å². The van der Waals surface area contributed by atoms with Crippen LogP contribution < -0.4 is 23.7 Å². The lowest BCUT2D eigenvalue weighted by atomic mass is 9.66. The van der Waals surface area contributed by atoms with Crippen LogP contribution in [0.15, 0.2) is 59.2 Å². The van der Waals surface area contributed by atoms with E-state index in [1.54, 1.807) is 28.4 Å². The van der Waals surface area contributed by atoms with E-state index in [2.05, 4.69) is 45.9 Å². The SMILES string of the molecule is COC(=O)[C@H]1[C@H](CO)Cc2cc(OC)c(OC)c(OC)c2[C@@H]1c1ccc(OC/C=C(\C)CC/C=C(\C)CCC=C(C)C)c(OC)c1. The minimum absolute atomic E-state index is 0.193. The van der Waals surface area contributed by atoms with Gasteiger partial charge in [-0.3, -0.25) is 4.79 Å². The van der Waals surface area contributed by atoms with Crippen molar-refractivity contribution in [3.05, 3.63) is 75.9 Å². The van der Waals surface area contributed by atoms with Gasteiger partial charge in [-0.2, -0.15) is 0 Å². The molecule has 46 heavy (non-hydrogen) atoms. The fourth-order valence-corrected chi connectivity index (χ4v) is 6.23. The van der Waals surface area contributed by atoms with Gasteiger partial charge in [-0.15, -0.1) is 0 Å². The van der Waals surface area contributed by atoms with Gasteiger partial charge < -0.3 is 33.5 Å². The van der Waals surface area contributed by atoms with Crippen molar-refractivity contribution in [1.82, 2.24) is 0 Å². The molecule has 0 radical (unpaired) electrons. The molecule has 1 aliphatic rings. The van der Waals surface area contributed by atoms with Gasteiger partial charge in [-0.25, -0.2) is 0 Å². The molecule has 8 nitrogen and oxygen atoms in total. The molecule has 8 heteroatoms. The summed E-state index contributed by atoms with van der Waals surface area (Å²) in [6.07, 6.45) is 11.3. The van der Waals surface area contributed by atoms with E-state index in [0.29, 0.717) is 41.8 Å². The van der Waals surface area contributed by atoms with E-state index in [9.17, 15) is 9.90 Å². The number of aliphatic hydroxyl groups excluding tert-OH is 1. The molecule has 2 aromatic carbocycles. The number of fused-ring (bicyclic) bond motifs is 1. The van der Waals surface area contributed by atoms with E-state index in [1.165, 1.54) is 23.8 Å². The summed E-state index contributed by atoms with van der Waals surface area (Å²) < 4.78 is 34.4. The zero-order valence-corrected chi connectivity index (χ0v) is 29.0. The maximum absolute atomic E-state index is 13.3. The molecule has 0 spiro atoms. The van der Waals surface area contributed by atoms with Crippen LogP contribution >= 0.6 is 0 Å². The van der Waals surface area contributed by atoms with Crippen molar-refractivity contribution >= 4 is 5.97 Å². The molecule has 0 fully saturated rings. The summed E-state index contributed by atoms with van der Waals surface area (Å²) >= 11 is 0. The van der Waals surface area contributed by atoms with E-state index in [4.69, 9.17) is 28.4 Å². The molecular formula is C38H52O8. The van der Waals surface area contributed by atoms with E-state index in [-0.39, 0.29) is 6.61 Å². The lowest BCUT2D eigenvalue weighted by Crippen LogP contribution is -2.38. The Hall–Kier alpha value is -3.91. The molecule has 2 aromatic rings. The number of carbonyl (C=O) groups excluding carboxylic acids is 1. The van der Waals surface area contributed by atoms with Crippen LogP contribution in [0.5, 0.6) is 28.7 Å². The molecular weight excluding hydrogens is 584 g/mol. The standard InChI is InChI=1S/C38H52O8/c1-24(2)12-10-13-25(3)14-11-15-26(4)18-19-46-30-17-16-27(21-31(30)41-5)33-34-28(20-29(23-39)35(33)38(40)45-9)22-32(42-6)36(43-7)37(34)44-8/h12,14,16-18,21-22,29,33,35,39H,10-11,13,15,19-20,23H2,1-9H3/b25-14+,26-18+/t29-,33-,35-/m0/s1. The Morgan fingerprint density at radius 1 is 0.804 bits per heavy atom. The van der Waals surface area contributed by atoms with Crippen LogP contribution in [0.4, 0.5) is 0 Å². The summed E-state index contributed by atoms with van der Waals surface area (Å²) in [5.41, 5.74) is 6.52. The highest BCUT2D eigenvalue weighted by atomic mass is 16.5. The van der Waals surface area contributed by atoms with Crippen LogP contribution in [0.3, 0.4) is 0 Å². The Labute approximate surface area is 275 Å². The lowest BCUT2D eigenvalue weighted by molar-refractivity contribution is -0.149. The second-order valence-corrected chi connectivity index (χ2v) is 12.1. The lowest BCUT2D eigenvalue weighted by Gasteiger charge is -2.39. The highest BCUT2D eigenvalue weighted by molar-refractivity contribution is 5.77. The van der Waals surface area contributed by atoms with Crippen molar-refractivity contribution in [1.29, 1.82) is 0 Å². The highest BCUT2D eigenvalue weighted by Gasteiger charge is 2.45. The maximum Gasteiger partial charge on any atom is 0.310 e. The van der Waals surface area contributed by atoms with Crippen LogP contribution in [0, 0.1) is 11.8 Å². The molecule has 0 unspecified atom stereocenters. The summed E-state index contributed by atoms with van der Waals surface area (Å²) in [6.45, 7) is 8.80. The second-order valence-electron chi connectivity index (χ2n) is 12.1. The van der Waals surface area contributed by atoms with Gasteiger partial charge in [0, 0.05) is 24.0 Å². The molecule has 0 aromatic heterocycles. The van der Waals surface area contributed by atoms with Crippen molar-refractivity contribution in [3.63, 3.8) is 0 Å². The second kappa shape index (κ2) is 17.7. The Kier molecular flexibility index (Phi) is 14.1. The minimum Gasteiger partial charge on any atom is -0.493 e. The summed E-state index contributed by atoms with van der Waals surface area (Å²) in [4.78, 5) is 13.3. The molecule has 0 amide bonds. The number of benzene rings is 2. The predicted octanol–water partition coefficient (Wildman–Crippen LogP) is 7.60. The first-order valence-electron chi connectivity index (χ1n) is 15.9. The van der Waals surface area contributed by atoms with Gasteiger partial charge in [0.25, 0.3) is 0 Å². The van der Waals surface area contributed by atoms with Crippen molar-refractivity contribution in [2.45, 2.75) is 65.7 Å². The zero-order chi connectivity index (χ0) is 33.8. The van der Waals surface area contributed by atoms with Crippen LogP contribution in [0.25, 0.3) is 0 Å². The fourth-order valence-electron chi connectivity index (χ4n) is 6.23. The average Bonchev–Trinajstić information content (AvgIpc) is 3.05. The van der Waals surface area contributed by atoms with E-state index in [1.807, 2.05) is 24.3 Å². The van der Waals surface area contributed by atoms with Crippen LogP contribution in [0.1, 0.15) is 76.0 Å². The molecule has 252 valence electrons. The molecule has 0 heterocycles. The summed E-state index contributed by atoms with van der Waals surface area (Å²) in [5, 5.41) is 10.4. The van der Waals surface area contributed by atoms with Gasteiger partial charge >= 0.3 is 5.97 Å². The molecule has 0 saturated carbocycles. The number of carbonyl (C=O) groups is 1. The fraction of sp³-hybridized carbons (Fsp3) is 0.500. The topological polar surface area (TPSA) is 92.7 Å². The Balaban J connectivity index is 1.90. The maximum atomic E-state index is 13.3. The molecule has 3 atom stereocenters. The highest BCUT2D eigenvalue weighted by Crippen LogP contribution is 2.54. The normalized spacial score (nSPS) is 17.9. The quantitative estimate of drug-likeness (QED) is 0.149. The third-order valence-electron chi connectivity index (χ3n) is 8.66. The molecule has 1 aliphatic carbocycles. The largest absolute Gasteiger partial charge is 0.493 e. The molecule has 0 aliphatic heterocycles. The van der Waals surface area contributed by atoms with Gasteiger partial charge in [0.2, 0.25) is 5.75 Å². The molecule has 3 rings (SSSR count). The van der Waals surface area contributed by atoms with Gasteiger partial charge in [0.1, 0.15) is 6.61 Å². The summed E-state index contributed by atoms with van der Waals surface area (Å²) in [7, 11) is 7.64. The number of ether oxygens (including phenoxy) is 6. The number of hydrogen-bond acceptors (Lipinski definition) is 8. The first kappa shape index (κ1) is 36.6. The van der Waals surface area contributed by atoms with E-state index in [0.717, 1.165) is 42.4 Å². The molecule has 0 bridgehead atoms. The van der Waals surface area contributed by atoms with Crippen molar-refractivity contribution in [2.24, 2.45) is 11.8 Å². The monoisotopic (exact) mass is 636 g/mol. The number of hydrogen-bond donors (Lipinski definition) is 1. The van der Waals surface area contributed by atoms with Crippen LogP contribution in [0.2, 0.25) is 0 Å². The number of rotatable bonds is 16. The number of allylic oxidation sites excluding steroid dienone is 5. The average molecular weight is 637 g/mol. The number of aliphatic hydroxyl groups is 1. The summed E-state index contributed by atoms with van der Waals surface area (Å²) in [5.74, 6) is 0.549. The Bertz CT molecular complexity index is 1420. The molecule has 1 N–H and O–H groups in total. The summed E-state index contributed by atoms with van der Waals surface area (Å²) in [6, 6.07) is 7.57. The minimum atomic E-state index is -0.679. The number of methoxy groups -OCH3 is 5. The third-order valence-corrected chi connectivity index (χ3v) is 8.66. The smallest absolute Gasteiger partial charge is 0.310 e. The van der Waals surface area contributed by atoms with Gasteiger partial charge in [-0.1, -0.05) is 34.9 Å². The first-order valence-corrected chi connectivity index (χ1v) is 15.9. The first-order chi connectivity index (χ1) is 22.1. The van der Waals surface area contributed by atoms with Gasteiger partial charge in [0.05, 0.1) is 41.5 Å². The Morgan fingerprint density at radius 3 is 2.04 bits per heavy atom. The van der Waals surface area contributed by atoms with Crippen molar-refractivity contribution in [2.75, 3.05) is 48.8 Å². The van der Waals surface area contributed by atoms with Crippen LogP contribution in [-0.4, -0.2) is 59.8 Å². The number of esters is 1. The van der Waals surface area contributed by atoms with Crippen LogP contribution in [-0.2, 0) is 16.0 Å². The predicted molar refractivity (Wildman–Crippen MR) is 182 cm³/mol. The Morgan fingerprint density at radius 2 is 1.46 bits per heavy atom. The van der Waals surface area contributed by atoms with Gasteiger partial charge in [0.15, 0.2) is 23.0 Å². The molecule has 0 saturated heterocycles. The van der Waals surface area contributed by atoms with E-state index >= 15 is 0 Å². The van der Waals surface area contributed by atoms with E-state index < -0.39 is 23.7 Å². The van der Waals surface area contributed by atoms with Crippen molar-refractivity contribution < 1.29 is 38.3 Å².